The Morgan fingerprint density at radius 2 is 2.19 bits per heavy atom. The number of ketones is 1. The molecule has 0 saturated carbocycles. The number of hydrogen-bond acceptors (Lipinski definition) is 4. The maximum atomic E-state index is 11.9. The molecule has 1 aromatic carbocycles. The Hall–Kier alpha value is -2.76. The minimum absolute atomic E-state index is 0.138. The van der Waals surface area contributed by atoms with E-state index in [9.17, 15) is 15.0 Å². The maximum absolute atomic E-state index is 11.9. The van der Waals surface area contributed by atoms with E-state index in [1.54, 1.807) is 24.5 Å². The predicted molar refractivity (Wildman–Crippen MR) is 78.0 cm³/mol. The van der Waals surface area contributed by atoms with Crippen LogP contribution in [0.25, 0.3) is 16.7 Å². The highest BCUT2D eigenvalue weighted by Gasteiger charge is 2.20. The van der Waals surface area contributed by atoms with Gasteiger partial charge in [0.15, 0.2) is 11.5 Å². The van der Waals surface area contributed by atoms with Crippen LogP contribution in [0.4, 0.5) is 0 Å². The lowest BCUT2D eigenvalue weighted by Crippen LogP contribution is -1.97. The second-order valence-electron chi connectivity index (χ2n) is 4.86. The van der Waals surface area contributed by atoms with Gasteiger partial charge in [-0.2, -0.15) is 0 Å². The molecule has 2 heterocycles. The second kappa shape index (κ2) is 4.97. The number of benzene rings is 1. The first kappa shape index (κ1) is 13.2. The quantitative estimate of drug-likeness (QED) is 0.643. The van der Waals surface area contributed by atoms with Crippen molar-refractivity contribution in [3.8, 4) is 17.3 Å². The molecule has 3 aromatic rings. The van der Waals surface area contributed by atoms with Crippen LogP contribution in [0.3, 0.4) is 0 Å². The highest BCUT2D eigenvalue weighted by atomic mass is 16.3. The largest absolute Gasteiger partial charge is 0.503 e. The fourth-order valence-corrected chi connectivity index (χ4v) is 2.32. The number of nitrogens with zero attached hydrogens (tertiary/aromatic N) is 2. The smallest absolute Gasteiger partial charge is 0.240 e. The number of Topliss-reactive ketones (excluding diaryl/α,β-unsaturated/α-hetero) is 1. The first-order valence-electron chi connectivity index (χ1n) is 6.71. The van der Waals surface area contributed by atoms with E-state index in [2.05, 4.69) is 9.97 Å². The number of nitrogens with one attached hydrogen (secondary N) is 1. The fraction of sp³-hybridized carbons (Fsp3) is 0.200. The van der Waals surface area contributed by atoms with Crippen molar-refractivity contribution in [1.29, 1.82) is 0 Å². The molecule has 0 aliphatic heterocycles. The molecule has 3 rings (SSSR count). The van der Waals surface area contributed by atoms with E-state index >= 15 is 0 Å². The summed E-state index contributed by atoms with van der Waals surface area (Å²) >= 11 is 0. The molecule has 21 heavy (non-hydrogen) atoms. The zero-order chi connectivity index (χ0) is 15.0. The molecule has 0 fully saturated rings. The Labute approximate surface area is 120 Å². The summed E-state index contributed by atoms with van der Waals surface area (Å²) in [6.45, 7) is 1.89. The van der Waals surface area contributed by atoms with Gasteiger partial charge >= 0.3 is 0 Å². The van der Waals surface area contributed by atoms with Crippen LogP contribution >= 0.6 is 0 Å². The highest BCUT2D eigenvalue weighted by Crippen LogP contribution is 2.35. The lowest BCUT2D eigenvalue weighted by molar-refractivity contribution is 0.0979. The van der Waals surface area contributed by atoms with Crippen LogP contribution < -0.4 is 0 Å². The maximum Gasteiger partial charge on any atom is 0.240 e. The van der Waals surface area contributed by atoms with Crippen molar-refractivity contribution in [2.45, 2.75) is 19.8 Å². The number of carbonyl (C=O) groups is 1. The molecule has 0 amide bonds. The number of hydrogen-bond donors (Lipinski definition) is 3. The first-order chi connectivity index (χ1) is 10.1. The lowest BCUT2D eigenvalue weighted by Gasteiger charge is -2.04. The number of H-pyrrole nitrogens is 1. The molecule has 0 saturated heterocycles. The molecular formula is C15H15N3O3. The third kappa shape index (κ3) is 2.14. The van der Waals surface area contributed by atoms with Crippen molar-refractivity contribution in [3.05, 3.63) is 36.3 Å². The molecule has 2 aromatic heterocycles. The zero-order valence-corrected chi connectivity index (χ0v) is 11.5. The topological polar surface area (TPSA) is 91.1 Å². The Bertz CT molecular complexity index is 817. The van der Waals surface area contributed by atoms with Gasteiger partial charge in [0.05, 0.1) is 28.6 Å². The molecule has 0 aliphatic rings. The minimum atomic E-state index is -0.377. The summed E-state index contributed by atoms with van der Waals surface area (Å²) in [4.78, 5) is 19.0. The Morgan fingerprint density at radius 3 is 2.95 bits per heavy atom. The van der Waals surface area contributed by atoms with Crippen molar-refractivity contribution >= 4 is 16.8 Å². The van der Waals surface area contributed by atoms with Crippen LogP contribution in [0.1, 0.15) is 30.1 Å². The van der Waals surface area contributed by atoms with E-state index in [1.807, 2.05) is 6.92 Å². The molecule has 0 aliphatic carbocycles. The number of aromatic hydroxyl groups is 2. The number of fused-ring (bicyclic) bond motifs is 1. The molecule has 0 bridgehead atoms. The van der Waals surface area contributed by atoms with Crippen LogP contribution in [0.15, 0.2) is 30.7 Å². The lowest BCUT2D eigenvalue weighted by atomic mass is 10.1. The van der Waals surface area contributed by atoms with Gasteiger partial charge in [-0.1, -0.05) is 6.92 Å². The standard InChI is InChI=1S/C15H15N3O3/c1-2-3-13(19)10-7-18(15(21)14(10)20)9-4-5-11-12(6-9)17-8-16-11/h4-8,20-21H,2-3H2,1H3,(H,16,17). The Kier molecular flexibility index (Phi) is 3.13. The van der Waals surface area contributed by atoms with Gasteiger partial charge in [-0.15, -0.1) is 0 Å². The monoisotopic (exact) mass is 285 g/mol. The summed E-state index contributed by atoms with van der Waals surface area (Å²) in [6, 6.07) is 5.34. The summed E-state index contributed by atoms with van der Waals surface area (Å²) in [7, 11) is 0. The molecule has 0 radical (unpaired) electrons. The molecule has 108 valence electrons. The Morgan fingerprint density at radius 1 is 1.38 bits per heavy atom. The molecular weight excluding hydrogens is 270 g/mol. The van der Waals surface area contributed by atoms with E-state index < -0.39 is 0 Å². The SMILES string of the molecule is CCCC(=O)c1cn(-c2ccc3nc[nH]c3c2)c(O)c1O. The number of imidazole rings is 1. The summed E-state index contributed by atoms with van der Waals surface area (Å²) in [5, 5.41) is 20.0. The van der Waals surface area contributed by atoms with E-state index in [1.165, 1.54) is 10.8 Å². The average molecular weight is 285 g/mol. The summed E-state index contributed by atoms with van der Waals surface area (Å²) in [5.74, 6) is -0.904. The van der Waals surface area contributed by atoms with Gasteiger partial charge in [0.25, 0.3) is 0 Å². The fourth-order valence-electron chi connectivity index (χ4n) is 2.32. The predicted octanol–water partition coefficient (Wildman–Crippen LogP) is 2.75. The molecule has 0 unspecified atom stereocenters. The molecule has 6 heteroatoms. The van der Waals surface area contributed by atoms with Gasteiger partial charge in [0, 0.05) is 12.6 Å². The first-order valence-corrected chi connectivity index (χ1v) is 6.71. The summed E-state index contributed by atoms with van der Waals surface area (Å²) in [5.41, 5.74) is 2.38. The average Bonchev–Trinajstić information content (AvgIpc) is 3.05. The second-order valence-corrected chi connectivity index (χ2v) is 4.86. The minimum Gasteiger partial charge on any atom is -0.503 e. The third-order valence-electron chi connectivity index (χ3n) is 3.41. The zero-order valence-electron chi connectivity index (χ0n) is 11.5. The van der Waals surface area contributed by atoms with Gasteiger partial charge in [-0.25, -0.2) is 4.98 Å². The van der Waals surface area contributed by atoms with Crippen molar-refractivity contribution in [2.24, 2.45) is 0 Å². The van der Waals surface area contributed by atoms with Gasteiger partial charge in [0.1, 0.15) is 0 Å². The molecule has 3 N–H and O–H groups in total. The van der Waals surface area contributed by atoms with Crippen LogP contribution in [0, 0.1) is 0 Å². The molecule has 0 spiro atoms. The number of carbonyl (C=O) groups excluding carboxylic acids is 1. The van der Waals surface area contributed by atoms with Gasteiger partial charge in [0.2, 0.25) is 5.88 Å². The van der Waals surface area contributed by atoms with Crippen molar-refractivity contribution in [3.63, 3.8) is 0 Å². The number of aromatic nitrogens is 3. The molecule has 0 atom stereocenters. The van der Waals surface area contributed by atoms with E-state index in [4.69, 9.17) is 0 Å². The van der Waals surface area contributed by atoms with Crippen molar-refractivity contribution < 1.29 is 15.0 Å². The third-order valence-corrected chi connectivity index (χ3v) is 3.41. The van der Waals surface area contributed by atoms with E-state index in [0.29, 0.717) is 18.5 Å². The summed E-state index contributed by atoms with van der Waals surface area (Å²) < 4.78 is 1.39. The van der Waals surface area contributed by atoms with Crippen molar-refractivity contribution in [1.82, 2.24) is 14.5 Å². The summed E-state index contributed by atoms with van der Waals surface area (Å²) in [6.07, 6.45) is 4.05. The van der Waals surface area contributed by atoms with Gasteiger partial charge < -0.3 is 15.2 Å². The number of aromatic amines is 1. The van der Waals surface area contributed by atoms with Crippen LogP contribution in [-0.4, -0.2) is 30.5 Å². The van der Waals surface area contributed by atoms with E-state index in [0.717, 1.165) is 11.0 Å². The van der Waals surface area contributed by atoms with E-state index in [-0.39, 0.29) is 23.0 Å². The van der Waals surface area contributed by atoms with Crippen molar-refractivity contribution in [2.75, 3.05) is 0 Å². The normalized spacial score (nSPS) is 11.1. The van der Waals surface area contributed by atoms with Gasteiger partial charge in [-0.3, -0.25) is 9.36 Å². The highest BCUT2D eigenvalue weighted by molar-refractivity contribution is 5.99. The molecule has 6 nitrogen and oxygen atoms in total. The van der Waals surface area contributed by atoms with Crippen LogP contribution in [0.2, 0.25) is 0 Å². The van der Waals surface area contributed by atoms with Crippen LogP contribution in [0.5, 0.6) is 11.6 Å². The van der Waals surface area contributed by atoms with Gasteiger partial charge in [-0.05, 0) is 24.6 Å². The Balaban J connectivity index is 2.09. The van der Waals surface area contributed by atoms with Crippen LogP contribution in [-0.2, 0) is 0 Å². The number of rotatable bonds is 4.